The molecule has 1 heterocycles. The fraction of sp³-hybridized carbons (Fsp3) is 0.800. The molecule has 0 unspecified atom stereocenters. The minimum absolute atomic E-state index is 0.169. The molecular weight excluding hydrogens is 266 g/mol. The van der Waals surface area contributed by atoms with Gasteiger partial charge in [0.2, 0.25) is 11.9 Å². The van der Waals surface area contributed by atoms with Gasteiger partial charge in [0.15, 0.2) is 0 Å². The molecule has 0 spiro atoms. The monoisotopic (exact) mass is 295 g/mol. The van der Waals surface area contributed by atoms with Crippen molar-refractivity contribution in [1.29, 1.82) is 0 Å². The van der Waals surface area contributed by atoms with Crippen molar-refractivity contribution in [1.82, 2.24) is 15.0 Å². The topological polar surface area (TPSA) is 63.2 Å². The molecule has 0 saturated carbocycles. The average Bonchev–Trinajstić information content (AvgIpc) is 2.40. The Morgan fingerprint density at radius 2 is 1.81 bits per heavy atom. The second-order valence-corrected chi connectivity index (χ2v) is 6.43. The number of rotatable bonds is 8. The first kappa shape index (κ1) is 17.5. The van der Waals surface area contributed by atoms with Crippen LogP contribution >= 0.6 is 0 Å². The number of hydrogen-bond donors (Lipinski definition) is 1. The van der Waals surface area contributed by atoms with E-state index < -0.39 is 0 Å². The molecule has 0 saturated heterocycles. The molecular formula is C15H29N5O. The van der Waals surface area contributed by atoms with Gasteiger partial charge in [-0.15, -0.1) is 0 Å². The number of anilines is 2. The third kappa shape index (κ3) is 6.60. The van der Waals surface area contributed by atoms with Crippen molar-refractivity contribution in [3.8, 4) is 6.01 Å². The van der Waals surface area contributed by atoms with Gasteiger partial charge in [-0.3, -0.25) is 0 Å². The van der Waals surface area contributed by atoms with Crippen LogP contribution in [-0.2, 0) is 0 Å². The molecule has 0 aliphatic carbocycles. The Balaban J connectivity index is 2.94. The second-order valence-electron chi connectivity index (χ2n) is 6.43. The molecule has 0 aliphatic rings. The Morgan fingerprint density at radius 3 is 2.38 bits per heavy atom. The first-order valence-electron chi connectivity index (χ1n) is 7.69. The van der Waals surface area contributed by atoms with E-state index in [0.29, 0.717) is 24.5 Å². The zero-order valence-electron chi connectivity index (χ0n) is 14.2. The summed E-state index contributed by atoms with van der Waals surface area (Å²) in [5.41, 5.74) is 0.169. The average molecular weight is 295 g/mol. The minimum atomic E-state index is 0.169. The van der Waals surface area contributed by atoms with Gasteiger partial charge in [0.1, 0.15) is 0 Å². The van der Waals surface area contributed by atoms with Gasteiger partial charge in [-0.2, -0.15) is 15.0 Å². The van der Waals surface area contributed by atoms with Crippen molar-refractivity contribution in [2.24, 2.45) is 5.41 Å². The first-order valence-corrected chi connectivity index (χ1v) is 7.69. The third-order valence-electron chi connectivity index (χ3n) is 2.62. The molecule has 0 atom stereocenters. The highest BCUT2D eigenvalue weighted by atomic mass is 16.5. The maximum absolute atomic E-state index is 5.57. The van der Waals surface area contributed by atoms with Crippen LogP contribution in [0.25, 0.3) is 0 Å². The normalized spacial score (nSPS) is 11.3. The number of hydrogen-bond acceptors (Lipinski definition) is 6. The zero-order chi connectivity index (χ0) is 15.9. The molecule has 21 heavy (non-hydrogen) atoms. The highest BCUT2D eigenvalue weighted by Crippen LogP contribution is 2.20. The maximum Gasteiger partial charge on any atom is 0.323 e. The van der Waals surface area contributed by atoms with Crippen molar-refractivity contribution < 1.29 is 4.74 Å². The van der Waals surface area contributed by atoms with Gasteiger partial charge in [0.25, 0.3) is 0 Å². The number of nitrogens with zero attached hydrogens (tertiary/aromatic N) is 4. The summed E-state index contributed by atoms with van der Waals surface area (Å²) >= 11 is 0. The molecule has 0 radical (unpaired) electrons. The van der Waals surface area contributed by atoms with Crippen LogP contribution in [-0.4, -0.2) is 41.7 Å². The van der Waals surface area contributed by atoms with E-state index in [1.807, 2.05) is 11.9 Å². The molecule has 1 rings (SSSR count). The lowest BCUT2D eigenvalue weighted by Crippen LogP contribution is -2.31. The van der Waals surface area contributed by atoms with Gasteiger partial charge >= 0.3 is 6.01 Å². The van der Waals surface area contributed by atoms with Gasteiger partial charge in [0.05, 0.1) is 6.61 Å². The molecule has 120 valence electrons. The second kappa shape index (κ2) is 8.00. The van der Waals surface area contributed by atoms with Gasteiger partial charge in [-0.1, -0.05) is 34.6 Å². The van der Waals surface area contributed by atoms with E-state index >= 15 is 0 Å². The highest BCUT2D eigenvalue weighted by Gasteiger charge is 2.17. The molecule has 0 aliphatic heterocycles. The van der Waals surface area contributed by atoms with E-state index in [-0.39, 0.29) is 5.41 Å². The van der Waals surface area contributed by atoms with Crippen molar-refractivity contribution >= 4 is 11.9 Å². The predicted molar refractivity (Wildman–Crippen MR) is 87.1 cm³/mol. The number of ether oxygens (including phenoxy) is 1. The number of aromatic nitrogens is 3. The molecule has 1 aromatic rings. The lowest BCUT2D eigenvalue weighted by atomic mass is 9.96. The van der Waals surface area contributed by atoms with Gasteiger partial charge < -0.3 is 15.0 Å². The van der Waals surface area contributed by atoms with E-state index in [2.05, 4.69) is 54.9 Å². The van der Waals surface area contributed by atoms with E-state index in [4.69, 9.17) is 4.74 Å². The Hall–Kier alpha value is -1.59. The summed E-state index contributed by atoms with van der Waals surface area (Å²) in [6, 6.07) is 0.390. The maximum atomic E-state index is 5.57. The van der Waals surface area contributed by atoms with Crippen LogP contribution in [0.4, 0.5) is 11.9 Å². The molecule has 0 fully saturated rings. The third-order valence-corrected chi connectivity index (χ3v) is 2.62. The Bertz CT molecular complexity index is 404. The molecule has 0 bridgehead atoms. The minimum Gasteiger partial charge on any atom is -0.463 e. The largest absolute Gasteiger partial charge is 0.463 e. The summed E-state index contributed by atoms with van der Waals surface area (Å²) in [5.74, 6) is 1.22. The Kier molecular flexibility index (Phi) is 6.65. The summed E-state index contributed by atoms with van der Waals surface area (Å²) in [7, 11) is 1.99. The van der Waals surface area contributed by atoms with E-state index in [9.17, 15) is 0 Å². The SMILES string of the molecule is CCCNc1nc(OCCC)nc(N(C)CC(C)(C)C)n1. The van der Waals surface area contributed by atoms with E-state index in [1.54, 1.807) is 0 Å². The lowest BCUT2D eigenvalue weighted by molar-refractivity contribution is 0.291. The fourth-order valence-electron chi connectivity index (χ4n) is 1.87. The van der Waals surface area contributed by atoms with Crippen LogP contribution in [0.15, 0.2) is 0 Å². The number of nitrogens with one attached hydrogen (secondary N) is 1. The smallest absolute Gasteiger partial charge is 0.323 e. The molecule has 1 N–H and O–H groups in total. The predicted octanol–water partition coefficient (Wildman–Crippen LogP) is 2.96. The van der Waals surface area contributed by atoms with Gasteiger partial charge in [-0.25, -0.2) is 0 Å². The van der Waals surface area contributed by atoms with Crippen molar-refractivity contribution in [3.05, 3.63) is 0 Å². The van der Waals surface area contributed by atoms with Gasteiger partial charge in [-0.05, 0) is 18.3 Å². The zero-order valence-corrected chi connectivity index (χ0v) is 14.2. The van der Waals surface area contributed by atoms with Crippen LogP contribution < -0.4 is 15.0 Å². The lowest BCUT2D eigenvalue weighted by Gasteiger charge is -2.26. The molecule has 6 heteroatoms. The van der Waals surface area contributed by atoms with E-state index in [0.717, 1.165) is 25.9 Å². The fourth-order valence-corrected chi connectivity index (χ4v) is 1.87. The summed E-state index contributed by atoms with van der Waals surface area (Å²) < 4.78 is 5.57. The van der Waals surface area contributed by atoms with Crippen LogP contribution in [0.5, 0.6) is 6.01 Å². The Labute approximate surface area is 128 Å². The van der Waals surface area contributed by atoms with Crippen LogP contribution in [0.2, 0.25) is 0 Å². The summed E-state index contributed by atoms with van der Waals surface area (Å²) in [4.78, 5) is 15.2. The quantitative estimate of drug-likeness (QED) is 0.795. The van der Waals surface area contributed by atoms with E-state index in [1.165, 1.54) is 0 Å². The summed E-state index contributed by atoms with van der Waals surface area (Å²) in [6.45, 7) is 13.0. The van der Waals surface area contributed by atoms with Crippen molar-refractivity contribution in [2.45, 2.75) is 47.5 Å². The molecule has 1 aromatic heterocycles. The van der Waals surface area contributed by atoms with Gasteiger partial charge in [0, 0.05) is 20.1 Å². The standard InChI is InChI=1S/C15H29N5O/c1-7-9-16-12-17-13(20(6)11-15(3,4)5)19-14(18-12)21-10-8-2/h7-11H2,1-6H3,(H,16,17,18,19). The summed E-state index contributed by atoms with van der Waals surface area (Å²) in [6.07, 6.45) is 1.95. The van der Waals surface area contributed by atoms with Crippen LogP contribution in [0, 0.1) is 5.41 Å². The first-order chi connectivity index (χ1) is 9.85. The van der Waals surface area contributed by atoms with Crippen molar-refractivity contribution in [3.63, 3.8) is 0 Å². The highest BCUT2D eigenvalue weighted by molar-refractivity contribution is 5.37. The molecule has 0 amide bonds. The molecule has 0 aromatic carbocycles. The van der Waals surface area contributed by atoms with Crippen LogP contribution in [0.1, 0.15) is 47.5 Å². The Morgan fingerprint density at radius 1 is 1.10 bits per heavy atom. The van der Waals surface area contributed by atoms with Crippen LogP contribution in [0.3, 0.4) is 0 Å². The molecule has 6 nitrogen and oxygen atoms in total. The van der Waals surface area contributed by atoms with Crippen molar-refractivity contribution in [2.75, 3.05) is 37.0 Å². The summed E-state index contributed by atoms with van der Waals surface area (Å²) in [5, 5.41) is 3.20.